The maximum atomic E-state index is 12.6. The van der Waals surface area contributed by atoms with Gasteiger partial charge >= 0.3 is 5.69 Å². The Balaban J connectivity index is 1.62. The van der Waals surface area contributed by atoms with Gasteiger partial charge in [-0.25, -0.2) is 9.78 Å². The monoisotopic (exact) mass is 367 g/mol. The van der Waals surface area contributed by atoms with Crippen LogP contribution >= 0.6 is 0 Å². The summed E-state index contributed by atoms with van der Waals surface area (Å²) in [6, 6.07) is 8.13. The molecule has 0 unspecified atom stereocenters. The normalized spacial score (nSPS) is 16.3. The summed E-state index contributed by atoms with van der Waals surface area (Å²) < 4.78 is 3.83. The van der Waals surface area contributed by atoms with Gasteiger partial charge in [0.15, 0.2) is 11.2 Å². The van der Waals surface area contributed by atoms with Crippen molar-refractivity contribution in [3.8, 4) is 0 Å². The molecule has 140 valence electrons. The van der Waals surface area contributed by atoms with E-state index in [9.17, 15) is 14.4 Å². The molecule has 0 radical (unpaired) electrons. The van der Waals surface area contributed by atoms with Gasteiger partial charge < -0.3 is 9.88 Å². The fourth-order valence-electron chi connectivity index (χ4n) is 3.82. The number of aromatic nitrogens is 4. The highest BCUT2D eigenvalue weighted by molar-refractivity contribution is 5.79. The second-order valence-corrected chi connectivity index (χ2v) is 6.96. The molecule has 8 nitrogen and oxygen atoms in total. The van der Waals surface area contributed by atoms with Gasteiger partial charge in [-0.3, -0.25) is 18.7 Å². The maximum absolute atomic E-state index is 12.6. The minimum Gasteiger partial charge on any atom is -0.348 e. The highest BCUT2D eigenvalue weighted by atomic mass is 16.2. The molecule has 0 aliphatic heterocycles. The lowest BCUT2D eigenvalue weighted by Gasteiger charge is -2.26. The van der Waals surface area contributed by atoms with Crippen LogP contribution in [-0.2, 0) is 31.9 Å². The largest absolute Gasteiger partial charge is 0.348 e. The lowest BCUT2D eigenvalue weighted by Crippen LogP contribution is -2.38. The molecule has 2 heterocycles. The van der Waals surface area contributed by atoms with Crippen molar-refractivity contribution in [2.24, 2.45) is 14.1 Å². The fraction of sp³-hybridized carbons (Fsp3) is 0.368. The Labute approximate surface area is 155 Å². The number of nitrogens with zero attached hydrogens (tertiary/aromatic N) is 4. The molecule has 2 aromatic heterocycles. The van der Waals surface area contributed by atoms with Gasteiger partial charge in [0.05, 0.1) is 12.4 Å². The van der Waals surface area contributed by atoms with Crippen LogP contribution in [-0.4, -0.2) is 24.6 Å². The van der Waals surface area contributed by atoms with Crippen LogP contribution in [0.2, 0.25) is 0 Å². The second kappa shape index (κ2) is 6.53. The van der Waals surface area contributed by atoms with Crippen molar-refractivity contribution in [1.29, 1.82) is 0 Å². The molecule has 3 aromatic rings. The van der Waals surface area contributed by atoms with E-state index >= 15 is 0 Å². The molecule has 1 aliphatic carbocycles. The standard InChI is InChI=1S/C19H21N5O3/c1-22-17-16(18(26)23(2)19(22)27)24(11-20-17)10-15(25)21-14-9-5-7-12-6-3-4-8-13(12)14/h3-4,6,8,11,14H,5,7,9-10H2,1-2H3,(H,21,25)/t14-/m1/s1. The summed E-state index contributed by atoms with van der Waals surface area (Å²) in [5, 5.41) is 3.07. The number of fused-ring (bicyclic) bond motifs is 2. The Kier molecular flexibility index (Phi) is 4.18. The van der Waals surface area contributed by atoms with Gasteiger partial charge in [0.1, 0.15) is 6.54 Å². The molecule has 0 saturated heterocycles. The van der Waals surface area contributed by atoms with E-state index in [4.69, 9.17) is 0 Å². The van der Waals surface area contributed by atoms with Crippen LogP contribution in [0.3, 0.4) is 0 Å². The molecule has 1 atom stereocenters. The van der Waals surface area contributed by atoms with Gasteiger partial charge in [-0.05, 0) is 30.4 Å². The van der Waals surface area contributed by atoms with Crippen molar-refractivity contribution >= 4 is 17.1 Å². The highest BCUT2D eigenvalue weighted by Gasteiger charge is 2.22. The zero-order valence-electron chi connectivity index (χ0n) is 15.3. The Bertz CT molecular complexity index is 1150. The van der Waals surface area contributed by atoms with E-state index in [0.29, 0.717) is 0 Å². The smallest absolute Gasteiger partial charge is 0.332 e. The zero-order chi connectivity index (χ0) is 19.1. The van der Waals surface area contributed by atoms with Gasteiger partial charge in [-0.15, -0.1) is 0 Å². The summed E-state index contributed by atoms with van der Waals surface area (Å²) >= 11 is 0. The molecule has 1 amide bonds. The fourth-order valence-corrected chi connectivity index (χ4v) is 3.82. The average molecular weight is 367 g/mol. The van der Waals surface area contributed by atoms with Crippen molar-refractivity contribution in [2.75, 3.05) is 0 Å². The number of rotatable bonds is 3. The first-order chi connectivity index (χ1) is 13.0. The number of hydrogen-bond acceptors (Lipinski definition) is 4. The third kappa shape index (κ3) is 2.87. The highest BCUT2D eigenvalue weighted by Crippen LogP contribution is 2.29. The van der Waals surface area contributed by atoms with Crippen LogP contribution < -0.4 is 16.6 Å². The van der Waals surface area contributed by atoms with E-state index in [2.05, 4.69) is 22.4 Å². The first-order valence-corrected chi connectivity index (χ1v) is 8.95. The zero-order valence-corrected chi connectivity index (χ0v) is 15.3. The van der Waals surface area contributed by atoms with E-state index in [1.54, 1.807) is 7.05 Å². The quantitative estimate of drug-likeness (QED) is 0.735. The lowest BCUT2D eigenvalue weighted by molar-refractivity contribution is -0.122. The molecule has 0 saturated carbocycles. The van der Waals surface area contributed by atoms with Gasteiger partial charge in [-0.1, -0.05) is 24.3 Å². The summed E-state index contributed by atoms with van der Waals surface area (Å²) in [6.45, 7) is -0.0252. The molecule has 1 aliphatic rings. The van der Waals surface area contributed by atoms with Crippen molar-refractivity contribution < 1.29 is 4.79 Å². The number of hydrogen-bond donors (Lipinski definition) is 1. The third-order valence-electron chi connectivity index (χ3n) is 5.24. The second-order valence-electron chi connectivity index (χ2n) is 6.96. The minimum atomic E-state index is -0.457. The molecule has 4 rings (SSSR count). The number of benzene rings is 1. The van der Waals surface area contributed by atoms with E-state index in [1.165, 1.54) is 28.1 Å². The van der Waals surface area contributed by atoms with Crippen molar-refractivity contribution in [1.82, 2.24) is 24.0 Å². The summed E-state index contributed by atoms with van der Waals surface area (Å²) in [5.41, 5.74) is 2.05. The predicted octanol–water partition coefficient (Wildman–Crippen LogP) is 0.627. The van der Waals surface area contributed by atoms with Crippen LogP contribution in [0.15, 0.2) is 40.2 Å². The minimum absolute atomic E-state index is 0.0237. The summed E-state index contributed by atoms with van der Waals surface area (Å²) in [4.78, 5) is 41.3. The molecular formula is C19H21N5O3. The number of carbonyl (C=O) groups excluding carboxylic acids is 1. The van der Waals surface area contributed by atoms with E-state index in [0.717, 1.165) is 29.4 Å². The van der Waals surface area contributed by atoms with Crippen molar-refractivity contribution in [3.05, 3.63) is 62.6 Å². The summed E-state index contributed by atoms with van der Waals surface area (Å²) in [6.07, 6.45) is 4.38. The van der Waals surface area contributed by atoms with Gasteiger partial charge in [-0.2, -0.15) is 0 Å². The number of carbonyl (C=O) groups is 1. The van der Waals surface area contributed by atoms with Crippen LogP contribution in [0.5, 0.6) is 0 Å². The Hall–Kier alpha value is -3.16. The topological polar surface area (TPSA) is 90.9 Å². The Morgan fingerprint density at radius 1 is 1.22 bits per heavy atom. The molecule has 0 fully saturated rings. The van der Waals surface area contributed by atoms with E-state index in [-0.39, 0.29) is 29.7 Å². The number of aryl methyl sites for hydroxylation is 2. The van der Waals surface area contributed by atoms with Crippen LogP contribution in [0.4, 0.5) is 0 Å². The Morgan fingerprint density at radius 2 is 2.00 bits per heavy atom. The van der Waals surface area contributed by atoms with Crippen LogP contribution in [0, 0.1) is 0 Å². The lowest BCUT2D eigenvalue weighted by atomic mass is 9.88. The first kappa shape index (κ1) is 17.3. The summed E-state index contributed by atoms with van der Waals surface area (Å²) in [7, 11) is 2.97. The number of imidazole rings is 1. The van der Waals surface area contributed by atoms with E-state index in [1.807, 2.05) is 12.1 Å². The SMILES string of the molecule is Cn1c(=O)c2c(ncn2CC(=O)N[C@@H]2CCCc3ccccc32)n(C)c1=O. The maximum Gasteiger partial charge on any atom is 0.332 e. The van der Waals surface area contributed by atoms with Crippen LogP contribution in [0.25, 0.3) is 11.2 Å². The summed E-state index contributed by atoms with van der Waals surface area (Å²) in [5.74, 6) is -0.188. The molecule has 1 aromatic carbocycles. The molecule has 1 N–H and O–H groups in total. The predicted molar refractivity (Wildman–Crippen MR) is 100 cm³/mol. The molecular weight excluding hydrogens is 346 g/mol. The molecule has 0 bridgehead atoms. The third-order valence-corrected chi connectivity index (χ3v) is 5.24. The van der Waals surface area contributed by atoms with Gasteiger partial charge in [0.2, 0.25) is 5.91 Å². The number of nitrogens with one attached hydrogen (secondary N) is 1. The van der Waals surface area contributed by atoms with Gasteiger partial charge in [0, 0.05) is 14.1 Å². The molecule has 27 heavy (non-hydrogen) atoms. The van der Waals surface area contributed by atoms with Crippen molar-refractivity contribution in [2.45, 2.75) is 31.8 Å². The van der Waals surface area contributed by atoms with Gasteiger partial charge in [0.25, 0.3) is 5.56 Å². The molecule has 8 heteroatoms. The van der Waals surface area contributed by atoms with Crippen LogP contribution in [0.1, 0.15) is 30.0 Å². The average Bonchev–Trinajstić information content (AvgIpc) is 3.08. The first-order valence-electron chi connectivity index (χ1n) is 8.95. The van der Waals surface area contributed by atoms with Crippen molar-refractivity contribution in [3.63, 3.8) is 0 Å². The Morgan fingerprint density at radius 3 is 2.81 bits per heavy atom. The molecule has 0 spiro atoms. The van der Waals surface area contributed by atoms with E-state index < -0.39 is 11.2 Å². The number of amides is 1.